The fourth-order valence-electron chi connectivity index (χ4n) is 3.45. The zero-order chi connectivity index (χ0) is 13.5. The van der Waals surface area contributed by atoms with Gasteiger partial charge in [-0.2, -0.15) is 0 Å². The molecule has 2 aliphatic rings. The van der Waals surface area contributed by atoms with E-state index in [0.29, 0.717) is 5.41 Å². The summed E-state index contributed by atoms with van der Waals surface area (Å²) in [5.74, 6) is 0.230. The second-order valence-electron chi connectivity index (χ2n) is 6.30. The van der Waals surface area contributed by atoms with Crippen molar-refractivity contribution in [1.29, 1.82) is 0 Å². The van der Waals surface area contributed by atoms with Crippen LogP contribution in [0.5, 0.6) is 0 Å². The number of amides is 1. The summed E-state index contributed by atoms with van der Waals surface area (Å²) in [7, 11) is 4.35. The third kappa shape index (κ3) is 2.43. The van der Waals surface area contributed by atoms with E-state index < -0.39 is 0 Å². The normalized spacial score (nSPS) is 22.8. The van der Waals surface area contributed by atoms with E-state index in [0.717, 1.165) is 24.0 Å². The molecular weight excluding hydrogens is 256 g/mol. The lowest BCUT2D eigenvalue weighted by atomic mass is 9.60. The van der Waals surface area contributed by atoms with Crippen LogP contribution in [0.25, 0.3) is 0 Å². The van der Waals surface area contributed by atoms with E-state index in [9.17, 15) is 4.79 Å². The van der Waals surface area contributed by atoms with Crippen LogP contribution in [0.1, 0.15) is 35.4 Å². The van der Waals surface area contributed by atoms with Crippen molar-refractivity contribution in [2.24, 2.45) is 5.41 Å². The molecule has 0 atom stereocenters. The van der Waals surface area contributed by atoms with E-state index in [1.807, 2.05) is 22.4 Å². The van der Waals surface area contributed by atoms with Crippen molar-refractivity contribution >= 4 is 17.2 Å². The fourth-order valence-corrected chi connectivity index (χ4v) is 4.14. The smallest absolute Gasteiger partial charge is 0.263 e. The van der Waals surface area contributed by atoms with Gasteiger partial charge in [0.15, 0.2) is 0 Å². The Balaban J connectivity index is 1.55. The predicted molar refractivity (Wildman–Crippen MR) is 78.6 cm³/mol. The quantitative estimate of drug-likeness (QED) is 0.830. The van der Waals surface area contributed by atoms with Crippen LogP contribution in [0, 0.1) is 5.41 Å². The van der Waals surface area contributed by atoms with Crippen molar-refractivity contribution in [1.82, 2.24) is 9.80 Å². The van der Waals surface area contributed by atoms with Crippen LogP contribution in [-0.4, -0.2) is 48.9 Å². The SMILES string of the molecule is CN(C)C1CC2(CCN(C(=O)c3cccs3)CC2)C1. The molecule has 2 heterocycles. The Bertz CT molecular complexity index is 439. The molecule has 104 valence electrons. The minimum Gasteiger partial charge on any atom is -0.338 e. The maximum Gasteiger partial charge on any atom is 0.263 e. The number of nitrogens with zero attached hydrogens (tertiary/aromatic N) is 2. The van der Waals surface area contributed by atoms with Gasteiger partial charge in [0, 0.05) is 19.1 Å². The lowest BCUT2D eigenvalue weighted by Crippen LogP contribution is -2.54. The lowest BCUT2D eigenvalue weighted by molar-refractivity contribution is -0.0230. The van der Waals surface area contributed by atoms with Gasteiger partial charge >= 0.3 is 0 Å². The Morgan fingerprint density at radius 2 is 2.05 bits per heavy atom. The molecule has 3 rings (SSSR count). The van der Waals surface area contributed by atoms with E-state index >= 15 is 0 Å². The molecule has 1 amide bonds. The summed E-state index contributed by atoms with van der Waals surface area (Å²) >= 11 is 1.55. The minimum atomic E-state index is 0.230. The summed E-state index contributed by atoms with van der Waals surface area (Å²) < 4.78 is 0. The van der Waals surface area contributed by atoms with Crippen molar-refractivity contribution in [3.8, 4) is 0 Å². The molecule has 0 N–H and O–H groups in total. The summed E-state index contributed by atoms with van der Waals surface area (Å²) in [6.45, 7) is 1.88. The zero-order valence-electron chi connectivity index (χ0n) is 11.8. The largest absolute Gasteiger partial charge is 0.338 e. The molecular formula is C15H22N2OS. The number of rotatable bonds is 2. The Morgan fingerprint density at radius 3 is 2.58 bits per heavy atom. The number of piperidine rings is 1. The lowest BCUT2D eigenvalue weighted by Gasteiger charge is -2.54. The van der Waals surface area contributed by atoms with E-state index in [1.165, 1.54) is 25.7 Å². The van der Waals surface area contributed by atoms with E-state index in [2.05, 4.69) is 19.0 Å². The van der Waals surface area contributed by atoms with Gasteiger partial charge in [-0.1, -0.05) is 6.07 Å². The van der Waals surface area contributed by atoms with Crippen LogP contribution in [0.2, 0.25) is 0 Å². The van der Waals surface area contributed by atoms with Gasteiger partial charge in [0.1, 0.15) is 0 Å². The molecule has 1 saturated carbocycles. The van der Waals surface area contributed by atoms with Crippen molar-refractivity contribution in [3.05, 3.63) is 22.4 Å². The number of thiophene rings is 1. The minimum absolute atomic E-state index is 0.230. The van der Waals surface area contributed by atoms with Crippen LogP contribution in [0.3, 0.4) is 0 Å². The molecule has 0 bridgehead atoms. The highest BCUT2D eigenvalue weighted by molar-refractivity contribution is 7.12. The van der Waals surface area contributed by atoms with Gasteiger partial charge < -0.3 is 9.80 Å². The molecule has 1 saturated heterocycles. The molecule has 2 fully saturated rings. The molecule has 3 nitrogen and oxygen atoms in total. The number of hydrogen-bond acceptors (Lipinski definition) is 3. The van der Waals surface area contributed by atoms with E-state index in [4.69, 9.17) is 0 Å². The van der Waals surface area contributed by atoms with Gasteiger partial charge in [0.2, 0.25) is 0 Å². The van der Waals surface area contributed by atoms with Crippen molar-refractivity contribution in [3.63, 3.8) is 0 Å². The second-order valence-corrected chi connectivity index (χ2v) is 7.24. The fraction of sp³-hybridized carbons (Fsp3) is 0.667. The van der Waals surface area contributed by atoms with E-state index in [-0.39, 0.29) is 5.91 Å². The number of likely N-dealkylation sites (tertiary alicyclic amines) is 1. The highest BCUT2D eigenvalue weighted by Gasteiger charge is 2.46. The predicted octanol–water partition coefficient (Wildman–Crippen LogP) is 2.69. The van der Waals surface area contributed by atoms with Crippen LogP contribution in [0.15, 0.2) is 17.5 Å². The number of carbonyl (C=O) groups excluding carboxylic acids is 1. The topological polar surface area (TPSA) is 23.6 Å². The highest BCUT2D eigenvalue weighted by Crippen LogP contribution is 2.50. The first-order chi connectivity index (χ1) is 9.10. The molecule has 1 spiro atoms. The Kier molecular flexibility index (Phi) is 3.39. The third-order valence-corrected chi connectivity index (χ3v) is 5.77. The molecule has 1 aliphatic heterocycles. The van der Waals surface area contributed by atoms with Crippen LogP contribution >= 0.6 is 11.3 Å². The first kappa shape index (κ1) is 13.1. The average Bonchev–Trinajstić information content (AvgIpc) is 2.89. The van der Waals surface area contributed by atoms with Gasteiger partial charge in [-0.25, -0.2) is 0 Å². The van der Waals surface area contributed by atoms with Crippen LogP contribution in [-0.2, 0) is 0 Å². The van der Waals surface area contributed by atoms with Gasteiger partial charge in [-0.15, -0.1) is 11.3 Å². The van der Waals surface area contributed by atoms with Crippen LogP contribution in [0.4, 0.5) is 0 Å². The highest BCUT2D eigenvalue weighted by atomic mass is 32.1. The molecule has 1 aromatic rings. The maximum atomic E-state index is 12.3. The summed E-state index contributed by atoms with van der Waals surface area (Å²) in [4.78, 5) is 17.5. The standard InChI is InChI=1S/C15H22N2OS/c1-16(2)12-10-15(11-12)5-7-17(8-6-15)14(18)13-4-3-9-19-13/h3-4,9,12H,5-8,10-11H2,1-2H3. The van der Waals surface area contributed by atoms with Gasteiger partial charge in [0.25, 0.3) is 5.91 Å². The van der Waals surface area contributed by atoms with Crippen LogP contribution < -0.4 is 0 Å². The third-order valence-electron chi connectivity index (χ3n) is 4.91. The van der Waals surface area contributed by atoms with Crippen molar-refractivity contribution in [2.45, 2.75) is 31.7 Å². The number of carbonyl (C=O) groups is 1. The van der Waals surface area contributed by atoms with Crippen molar-refractivity contribution < 1.29 is 4.79 Å². The molecule has 1 aromatic heterocycles. The van der Waals surface area contributed by atoms with Gasteiger partial charge in [-0.3, -0.25) is 4.79 Å². The molecule has 1 aliphatic carbocycles. The first-order valence-electron chi connectivity index (χ1n) is 7.09. The Morgan fingerprint density at radius 1 is 1.37 bits per heavy atom. The van der Waals surface area contributed by atoms with Gasteiger partial charge in [-0.05, 0) is 56.6 Å². The summed E-state index contributed by atoms with van der Waals surface area (Å²) in [5.41, 5.74) is 0.543. The van der Waals surface area contributed by atoms with Gasteiger partial charge in [0.05, 0.1) is 4.88 Å². The maximum absolute atomic E-state index is 12.3. The molecule has 0 unspecified atom stereocenters. The summed E-state index contributed by atoms with van der Waals surface area (Å²) in [6, 6.07) is 4.65. The second kappa shape index (κ2) is 4.91. The molecule has 0 radical (unpaired) electrons. The first-order valence-corrected chi connectivity index (χ1v) is 7.97. The van der Waals surface area contributed by atoms with Crippen molar-refractivity contribution in [2.75, 3.05) is 27.2 Å². The monoisotopic (exact) mass is 278 g/mol. The average molecular weight is 278 g/mol. The Hall–Kier alpha value is -0.870. The summed E-state index contributed by atoms with van der Waals surface area (Å²) in [6.07, 6.45) is 5.02. The van der Waals surface area contributed by atoms with E-state index in [1.54, 1.807) is 11.3 Å². The summed E-state index contributed by atoms with van der Waals surface area (Å²) in [5, 5.41) is 1.98. The zero-order valence-corrected chi connectivity index (χ0v) is 12.6. The molecule has 19 heavy (non-hydrogen) atoms. The number of hydrogen-bond donors (Lipinski definition) is 0. The molecule has 0 aromatic carbocycles. The molecule has 4 heteroatoms. The Labute approximate surface area is 119 Å².